The zero-order valence-electron chi connectivity index (χ0n) is 19.2. The van der Waals surface area contributed by atoms with Gasteiger partial charge in [-0.25, -0.2) is 4.98 Å². The van der Waals surface area contributed by atoms with Gasteiger partial charge in [-0.15, -0.1) is 0 Å². The van der Waals surface area contributed by atoms with Crippen LogP contribution in [0.15, 0.2) is 66.8 Å². The lowest BCUT2D eigenvalue weighted by Gasteiger charge is -2.26. The average Bonchev–Trinajstić information content (AvgIpc) is 3.50. The number of para-hydroxylation sites is 1. The number of likely N-dealkylation sites (tertiary alicyclic amines) is 1. The maximum Gasteiger partial charge on any atom is 0.295 e. The molecule has 9 nitrogen and oxygen atoms in total. The van der Waals surface area contributed by atoms with Crippen molar-refractivity contribution in [3.8, 4) is 17.2 Å². The number of ether oxygens (including phenoxy) is 3. The number of hydrogen-bond acceptors (Lipinski definition) is 7. The summed E-state index contributed by atoms with van der Waals surface area (Å²) in [5, 5.41) is 11.3. The number of carbonyl (C=O) groups excluding carboxylic acids is 2. The fraction of sp³-hybridized carbons (Fsp3) is 0.269. The Hall–Kier alpha value is -4.27. The van der Waals surface area contributed by atoms with Crippen molar-refractivity contribution >= 4 is 17.4 Å². The molecule has 35 heavy (non-hydrogen) atoms. The van der Waals surface area contributed by atoms with Crippen LogP contribution in [0.5, 0.6) is 17.2 Å². The van der Waals surface area contributed by atoms with Gasteiger partial charge >= 0.3 is 0 Å². The van der Waals surface area contributed by atoms with Gasteiger partial charge in [-0.3, -0.25) is 9.59 Å². The largest absolute Gasteiger partial charge is 0.507 e. The van der Waals surface area contributed by atoms with Gasteiger partial charge in [-0.05, 0) is 30.7 Å². The Bertz CT molecular complexity index is 1280. The summed E-state index contributed by atoms with van der Waals surface area (Å²) in [6, 6.07) is 11.3. The number of nitrogens with zero attached hydrogens (tertiary/aromatic N) is 3. The quantitative estimate of drug-likeness (QED) is 0.318. The Kier molecular flexibility index (Phi) is 6.13. The molecule has 0 saturated carbocycles. The number of aliphatic hydroxyl groups excluding tert-OH is 1. The molecule has 1 N–H and O–H groups in total. The Morgan fingerprint density at radius 3 is 2.69 bits per heavy atom. The Labute approximate surface area is 202 Å². The lowest BCUT2D eigenvalue weighted by Crippen LogP contribution is -2.31. The van der Waals surface area contributed by atoms with Gasteiger partial charge in [-0.2, -0.15) is 0 Å². The number of hydrogen-bond donors (Lipinski definition) is 1. The molecule has 2 aromatic carbocycles. The maximum atomic E-state index is 13.3. The fourth-order valence-electron chi connectivity index (χ4n) is 4.52. The Morgan fingerprint density at radius 2 is 1.91 bits per heavy atom. The molecule has 0 spiro atoms. The number of Topliss-reactive ketones (excluding diaryl/α,β-unsaturated/α-hetero) is 1. The van der Waals surface area contributed by atoms with E-state index in [0.717, 1.165) is 0 Å². The van der Waals surface area contributed by atoms with E-state index >= 15 is 0 Å². The number of methoxy groups -OCH3 is 1. The van der Waals surface area contributed by atoms with Gasteiger partial charge in [0.2, 0.25) is 0 Å². The van der Waals surface area contributed by atoms with E-state index < -0.39 is 17.7 Å². The molecule has 2 aliphatic rings. The van der Waals surface area contributed by atoms with E-state index in [4.69, 9.17) is 14.2 Å². The standard InChI is InChI=1S/C26H25N3O6/c1-33-19-6-3-2-5-18(19)23-22(24(30)17-7-8-20-21(15-17)35-14-13-34-20)25(31)26(32)29(23)11-4-10-28-12-9-27-16-28/h2-3,5-9,12,15-16,23,30H,4,10-11,13-14H2,1H3/b24-22+. The van der Waals surface area contributed by atoms with Crippen molar-refractivity contribution in [3.63, 3.8) is 0 Å². The summed E-state index contributed by atoms with van der Waals surface area (Å²) < 4.78 is 18.6. The zero-order chi connectivity index (χ0) is 24.4. The van der Waals surface area contributed by atoms with Gasteiger partial charge in [0.1, 0.15) is 24.7 Å². The number of amides is 1. The van der Waals surface area contributed by atoms with E-state index in [1.165, 1.54) is 12.0 Å². The smallest absolute Gasteiger partial charge is 0.295 e. The van der Waals surface area contributed by atoms with Crippen LogP contribution < -0.4 is 14.2 Å². The van der Waals surface area contributed by atoms with E-state index in [2.05, 4.69) is 4.98 Å². The predicted octanol–water partition coefficient (Wildman–Crippen LogP) is 3.17. The molecule has 180 valence electrons. The summed E-state index contributed by atoms with van der Waals surface area (Å²) in [6.07, 6.45) is 5.83. The molecule has 1 amide bonds. The molecule has 5 rings (SSSR count). The zero-order valence-corrected chi connectivity index (χ0v) is 19.2. The number of rotatable bonds is 7. The second-order valence-electron chi connectivity index (χ2n) is 8.25. The van der Waals surface area contributed by atoms with Crippen LogP contribution in [0.25, 0.3) is 5.76 Å². The second-order valence-corrected chi connectivity index (χ2v) is 8.25. The van der Waals surface area contributed by atoms with Crippen molar-refractivity contribution in [2.45, 2.75) is 19.0 Å². The van der Waals surface area contributed by atoms with E-state index in [1.54, 1.807) is 42.9 Å². The first kappa shape index (κ1) is 22.5. The second kappa shape index (κ2) is 9.54. The number of carbonyl (C=O) groups is 2. The molecule has 0 radical (unpaired) electrons. The van der Waals surface area contributed by atoms with Crippen LogP contribution in [0.1, 0.15) is 23.6 Å². The predicted molar refractivity (Wildman–Crippen MR) is 126 cm³/mol. The normalized spacial score (nSPS) is 18.7. The first-order valence-corrected chi connectivity index (χ1v) is 11.4. The third-order valence-corrected chi connectivity index (χ3v) is 6.16. The molecule has 1 fully saturated rings. The lowest BCUT2D eigenvalue weighted by atomic mass is 9.94. The number of ketones is 1. The third-order valence-electron chi connectivity index (χ3n) is 6.16. The van der Waals surface area contributed by atoms with Crippen LogP contribution in [0, 0.1) is 0 Å². The average molecular weight is 476 g/mol. The number of imidazole rings is 1. The van der Waals surface area contributed by atoms with Gasteiger partial charge in [0.25, 0.3) is 11.7 Å². The minimum atomic E-state index is -0.804. The van der Waals surface area contributed by atoms with Crippen molar-refractivity contribution in [2.24, 2.45) is 0 Å². The molecule has 3 heterocycles. The molecule has 1 aromatic heterocycles. The van der Waals surface area contributed by atoms with Crippen molar-refractivity contribution in [2.75, 3.05) is 26.9 Å². The minimum Gasteiger partial charge on any atom is -0.507 e. The van der Waals surface area contributed by atoms with Crippen molar-refractivity contribution in [1.82, 2.24) is 14.5 Å². The van der Waals surface area contributed by atoms with E-state index in [0.29, 0.717) is 61.1 Å². The molecular weight excluding hydrogens is 450 g/mol. The maximum absolute atomic E-state index is 13.3. The fourth-order valence-corrected chi connectivity index (χ4v) is 4.52. The molecule has 1 atom stereocenters. The van der Waals surface area contributed by atoms with Crippen LogP contribution in [0.2, 0.25) is 0 Å². The summed E-state index contributed by atoms with van der Waals surface area (Å²) in [5.74, 6) is -0.111. The number of benzene rings is 2. The van der Waals surface area contributed by atoms with Crippen molar-refractivity contribution in [1.29, 1.82) is 0 Å². The summed E-state index contributed by atoms with van der Waals surface area (Å²) in [5.41, 5.74) is 1.00. The van der Waals surface area contributed by atoms with Gasteiger partial charge in [-0.1, -0.05) is 18.2 Å². The number of aliphatic hydroxyl groups is 1. The summed E-state index contributed by atoms with van der Waals surface area (Å²) in [7, 11) is 1.53. The summed E-state index contributed by atoms with van der Waals surface area (Å²) >= 11 is 0. The number of aryl methyl sites for hydroxylation is 1. The molecule has 1 saturated heterocycles. The monoisotopic (exact) mass is 475 g/mol. The van der Waals surface area contributed by atoms with Gasteiger partial charge in [0.05, 0.1) is 25.1 Å². The summed E-state index contributed by atoms with van der Waals surface area (Å²) in [4.78, 5) is 32.0. The highest BCUT2D eigenvalue weighted by Gasteiger charge is 2.46. The van der Waals surface area contributed by atoms with Crippen LogP contribution in [0.3, 0.4) is 0 Å². The topological polar surface area (TPSA) is 103 Å². The number of aromatic nitrogens is 2. The van der Waals surface area contributed by atoms with Crippen LogP contribution >= 0.6 is 0 Å². The molecular formula is C26H25N3O6. The highest BCUT2D eigenvalue weighted by Crippen LogP contribution is 2.43. The Balaban J connectivity index is 1.56. The highest BCUT2D eigenvalue weighted by molar-refractivity contribution is 6.46. The van der Waals surface area contributed by atoms with Crippen molar-refractivity contribution < 1.29 is 28.9 Å². The SMILES string of the molecule is COc1ccccc1C1/C(=C(\O)c2ccc3c(c2)OCCO3)C(=O)C(=O)N1CCCn1ccnc1. The first-order valence-electron chi connectivity index (χ1n) is 11.4. The van der Waals surface area contributed by atoms with Crippen LogP contribution in [-0.4, -0.2) is 58.1 Å². The van der Waals surface area contributed by atoms with Gasteiger partial charge < -0.3 is 28.8 Å². The lowest BCUT2D eigenvalue weighted by molar-refractivity contribution is -0.140. The van der Waals surface area contributed by atoms with E-state index in [9.17, 15) is 14.7 Å². The third kappa shape index (κ3) is 4.21. The van der Waals surface area contributed by atoms with Crippen LogP contribution in [0.4, 0.5) is 0 Å². The molecule has 0 aliphatic carbocycles. The van der Waals surface area contributed by atoms with Crippen molar-refractivity contribution in [3.05, 3.63) is 77.9 Å². The Morgan fingerprint density at radius 1 is 1.11 bits per heavy atom. The van der Waals surface area contributed by atoms with E-state index in [1.807, 2.05) is 22.9 Å². The van der Waals surface area contributed by atoms with Gasteiger partial charge in [0.15, 0.2) is 11.5 Å². The molecule has 0 bridgehead atoms. The number of fused-ring (bicyclic) bond motifs is 1. The minimum absolute atomic E-state index is 0.0128. The van der Waals surface area contributed by atoms with E-state index in [-0.39, 0.29) is 11.3 Å². The molecule has 2 aliphatic heterocycles. The molecule has 3 aromatic rings. The summed E-state index contributed by atoms with van der Waals surface area (Å²) in [6.45, 7) is 1.77. The molecule has 9 heteroatoms. The first-order chi connectivity index (χ1) is 17.1. The van der Waals surface area contributed by atoms with Gasteiger partial charge in [0, 0.05) is 36.6 Å². The molecule has 1 unspecified atom stereocenters. The van der Waals surface area contributed by atoms with Crippen LogP contribution in [-0.2, 0) is 16.1 Å². The highest BCUT2D eigenvalue weighted by atomic mass is 16.6.